The Morgan fingerprint density at radius 3 is 2.48 bits per heavy atom. The Hall–Kier alpha value is -2.41. The molecule has 0 unspecified atom stereocenters. The molecule has 2 aromatic rings. The number of methoxy groups -OCH3 is 1. The van der Waals surface area contributed by atoms with Crippen LogP contribution in [0.1, 0.15) is 36.9 Å². The van der Waals surface area contributed by atoms with E-state index in [4.69, 9.17) is 14.2 Å². The van der Waals surface area contributed by atoms with E-state index in [1.165, 1.54) is 5.56 Å². The monoisotopic (exact) mass is 398 g/mol. The molecule has 2 aromatic carbocycles. The Kier molecular flexibility index (Phi) is 8.04. The first-order valence-corrected chi connectivity index (χ1v) is 10.1. The van der Waals surface area contributed by atoms with Gasteiger partial charge in [0.05, 0.1) is 12.1 Å². The van der Waals surface area contributed by atoms with Crippen molar-refractivity contribution >= 4 is 6.09 Å². The highest BCUT2D eigenvalue weighted by Gasteiger charge is 2.32. The highest BCUT2D eigenvalue weighted by molar-refractivity contribution is 5.67. The quantitative estimate of drug-likeness (QED) is 0.708. The van der Waals surface area contributed by atoms with Crippen LogP contribution in [0.15, 0.2) is 60.7 Å². The van der Waals surface area contributed by atoms with Gasteiger partial charge in [0.25, 0.3) is 0 Å². The zero-order chi connectivity index (χ0) is 20.5. The maximum atomic E-state index is 12.1. The van der Waals surface area contributed by atoms with Gasteiger partial charge < -0.3 is 24.8 Å². The number of rotatable bonds is 8. The van der Waals surface area contributed by atoms with Crippen molar-refractivity contribution in [2.45, 2.75) is 50.8 Å². The van der Waals surface area contributed by atoms with Crippen molar-refractivity contribution < 1.29 is 19.0 Å². The molecule has 0 saturated carbocycles. The molecule has 3 rings (SSSR count). The third-order valence-electron chi connectivity index (χ3n) is 5.15. The minimum Gasteiger partial charge on any atom is -0.445 e. The number of nitrogens with one attached hydrogen (secondary N) is 2. The van der Waals surface area contributed by atoms with Crippen molar-refractivity contribution in [1.82, 2.24) is 10.6 Å². The molecule has 6 nitrogen and oxygen atoms in total. The minimum absolute atomic E-state index is 0.0319. The molecule has 0 spiro atoms. The molecule has 2 N–H and O–H groups in total. The molecule has 1 saturated heterocycles. The number of hydrogen-bond donors (Lipinski definition) is 2. The van der Waals surface area contributed by atoms with E-state index in [9.17, 15) is 4.79 Å². The smallest absolute Gasteiger partial charge is 0.407 e. The van der Waals surface area contributed by atoms with E-state index in [0.29, 0.717) is 0 Å². The number of benzene rings is 2. The zero-order valence-electron chi connectivity index (χ0n) is 17.0. The second-order valence-corrected chi connectivity index (χ2v) is 7.29. The van der Waals surface area contributed by atoms with Gasteiger partial charge in [-0.25, -0.2) is 4.79 Å². The van der Waals surface area contributed by atoms with Crippen LogP contribution < -0.4 is 10.6 Å². The SMILES string of the molecule is CO[C@@H]1O[C@@H](CN[C@@H](C)c2ccccc2)CC[C@@H]1NC(=O)OCc1ccccc1. The number of ether oxygens (including phenoxy) is 3. The number of amides is 1. The first-order chi connectivity index (χ1) is 14.2. The standard InChI is InChI=1S/C23H30N2O4/c1-17(19-11-7-4-8-12-19)24-15-20-13-14-21(22(27-2)29-20)25-23(26)28-16-18-9-5-3-6-10-18/h3-12,17,20-22,24H,13-16H2,1-2H3,(H,25,26)/t17-,20+,21-,22+/m0/s1. The van der Waals surface area contributed by atoms with E-state index in [0.717, 1.165) is 24.9 Å². The van der Waals surface area contributed by atoms with E-state index in [1.807, 2.05) is 48.5 Å². The summed E-state index contributed by atoms with van der Waals surface area (Å²) in [5, 5.41) is 6.38. The average molecular weight is 399 g/mol. The van der Waals surface area contributed by atoms with Crippen molar-refractivity contribution in [3.05, 3.63) is 71.8 Å². The highest BCUT2D eigenvalue weighted by atomic mass is 16.7. The van der Waals surface area contributed by atoms with Gasteiger partial charge in [-0.05, 0) is 30.9 Å². The van der Waals surface area contributed by atoms with Crippen molar-refractivity contribution in [3.63, 3.8) is 0 Å². The van der Waals surface area contributed by atoms with Gasteiger partial charge >= 0.3 is 6.09 Å². The first-order valence-electron chi connectivity index (χ1n) is 10.1. The Balaban J connectivity index is 1.42. The third-order valence-corrected chi connectivity index (χ3v) is 5.15. The molecule has 4 atom stereocenters. The Labute approximate surface area is 172 Å². The summed E-state index contributed by atoms with van der Waals surface area (Å²) in [6, 6.07) is 19.9. The van der Waals surface area contributed by atoms with Crippen molar-refractivity contribution in [1.29, 1.82) is 0 Å². The molecule has 1 aliphatic rings. The van der Waals surface area contributed by atoms with Crippen molar-refractivity contribution in [3.8, 4) is 0 Å². The molecular formula is C23H30N2O4. The Bertz CT molecular complexity index is 741. The maximum Gasteiger partial charge on any atom is 0.407 e. The lowest BCUT2D eigenvalue weighted by molar-refractivity contribution is -0.192. The van der Waals surface area contributed by atoms with Crippen LogP contribution in [-0.4, -0.2) is 38.2 Å². The lowest BCUT2D eigenvalue weighted by atomic mass is 10.0. The summed E-state index contributed by atoms with van der Waals surface area (Å²) in [6.45, 7) is 3.10. The molecule has 0 bridgehead atoms. The summed E-state index contributed by atoms with van der Waals surface area (Å²) in [4.78, 5) is 12.1. The van der Waals surface area contributed by atoms with Crippen molar-refractivity contribution in [2.24, 2.45) is 0 Å². The molecule has 0 aromatic heterocycles. The molecular weight excluding hydrogens is 368 g/mol. The summed E-state index contributed by atoms with van der Waals surface area (Å²) < 4.78 is 16.8. The van der Waals surface area contributed by atoms with Gasteiger partial charge in [-0.15, -0.1) is 0 Å². The summed E-state index contributed by atoms with van der Waals surface area (Å²) in [7, 11) is 1.59. The van der Waals surface area contributed by atoms with Gasteiger partial charge in [-0.1, -0.05) is 60.7 Å². The Morgan fingerprint density at radius 2 is 1.79 bits per heavy atom. The summed E-state index contributed by atoms with van der Waals surface area (Å²) >= 11 is 0. The second-order valence-electron chi connectivity index (χ2n) is 7.29. The van der Waals surface area contributed by atoms with Crippen LogP contribution in [0.4, 0.5) is 4.79 Å². The molecule has 1 heterocycles. The normalized spacial score (nSPS) is 22.6. The lowest BCUT2D eigenvalue weighted by Crippen LogP contribution is -2.51. The molecule has 0 aliphatic carbocycles. The molecule has 1 aliphatic heterocycles. The van der Waals surface area contributed by atoms with Crippen LogP contribution in [0.25, 0.3) is 0 Å². The van der Waals surface area contributed by atoms with Gasteiger partial charge in [0.15, 0.2) is 6.29 Å². The van der Waals surface area contributed by atoms with Gasteiger partial charge in [0.2, 0.25) is 0 Å². The summed E-state index contributed by atoms with van der Waals surface area (Å²) in [5.74, 6) is 0. The fourth-order valence-electron chi connectivity index (χ4n) is 3.45. The molecule has 156 valence electrons. The van der Waals surface area contributed by atoms with Crippen LogP contribution >= 0.6 is 0 Å². The topological polar surface area (TPSA) is 68.8 Å². The first kappa shape index (κ1) is 21.3. The van der Waals surface area contributed by atoms with E-state index >= 15 is 0 Å². The van der Waals surface area contributed by atoms with Crippen molar-refractivity contribution in [2.75, 3.05) is 13.7 Å². The van der Waals surface area contributed by atoms with E-state index in [-0.39, 0.29) is 24.8 Å². The van der Waals surface area contributed by atoms with Crippen LogP contribution in [0, 0.1) is 0 Å². The number of carbonyl (C=O) groups excluding carboxylic acids is 1. The van der Waals surface area contributed by atoms with Crippen LogP contribution in [0.2, 0.25) is 0 Å². The van der Waals surface area contributed by atoms with Gasteiger partial charge in [-0.2, -0.15) is 0 Å². The highest BCUT2D eigenvalue weighted by Crippen LogP contribution is 2.21. The second kappa shape index (κ2) is 11.0. The molecule has 6 heteroatoms. The molecule has 0 radical (unpaired) electrons. The van der Waals surface area contributed by atoms with E-state index in [2.05, 4.69) is 29.7 Å². The number of alkyl carbamates (subject to hydrolysis) is 1. The largest absolute Gasteiger partial charge is 0.445 e. The zero-order valence-corrected chi connectivity index (χ0v) is 17.0. The fraction of sp³-hybridized carbons (Fsp3) is 0.435. The summed E-state index contributed by atoms with van der Waals surface area (Å²) in [6.07, 6.45) is 0.679. The van der Waals surface area contributed by atoms with Crippen LogP contribution in [-0.2, 0) is 20.8 Å². The average Bonchev–Trinajstić information content (AvgIpc) is 2.78. The predicted molar refractivity (Wildman–Crippen MR) is 111 cm³/mol. The lowest BCUT2D eigenvalue weighted by Gasteiger charge is -2.36. The summed E-state index contributed by atoms with van der Waals surface area (Å²) in [5.41, 5.74) is 2.19. The predicted octanol–water partition coefficient (Wildman–Crippen LogP) is 3.78. The molecule has 29 heavy (non-hydrogen) atoms. The fourth-order valence-corrected chi connectivity index (χ4v) is 3.45. The van der Waals surface area contributed by atoms with Gasteiger partial charge in [-0.3, -0.25) is 0 Å². The van der Waals surface area contributed by atoms with E-state index in [1.54, 1.807) is 7.11 Å². The van der Waals surface area contributed by atoms with Gasteiger partial charge in [0.1, 0.15) is 6.61 Å². The minimum atomic E-state index is -0.494. The van der Waals surface area contributed by atoms with E-state index < -0.39 is 12.4 Å². The maximum absolute atomic E-state index is 12.1. The van der Waals surface area contributed by atoms with Crippen LogP contribution in [0.3, 0.4) is 0 Å². The number of carbonyl (C=O) groups is 1. The number of hydrogen-bond acceptors (Lipinski definition) is 5. The van der Waals surface area contributed by atoms with Crippen LogP contribution in [0.5, 0.6) is 0 Å². The Morgan fingerprint density at radius 1 is 1.10 bits per heavy atom. The molecule has 1 fully saturated rings. The molecule has 1 amide bonds. The third kappa shape index (κ3) is 6.56. The van der Waals surface area contributed by atoms with Gasteiger partial charge in [0, 0.05) is 19.7 Å².